The molecular formula is C7H14N4O. The maximum Gasteiger partial charge on any atom is 0.319 e. The predicted octanol–water partition coefficient (Wildman–Crippen LogP) is 0.886. The summed E-state index contributed by atoms with van der Waals surface area (Å²) >= 11 is 0. The SMILES string of the molecule is CN(c1nnc(N)o1)C(C)(C)C. The first-order chi connectivity index (χ1) is 5.41. The Hall–Kier alpha value is -1.26. The highest BCUT2D eigenvalue weighted by atomic mass is 16.4. The molecule has 0 unspecified atom stereocenters. The molecule has 5 heteroatoms. The topological polar surface area (TPSA) is 68.2 Å². The van der Waals surface area contributed by atoms with Gasteiger partial charge in [0, 0.05) is 12.6 Å². The summed E-state index contributed by atoms with van der Waals surface area (Å²) in [4.78, 5) is 1.87. The summed E-state index contributed by atoms with van der Waals surface area (Å²) in [7, 11) is 1.88. The number of nitrogen functional groups attached to an aromatic ring is 1. The molecule has 0 saturated carbocycles. The van der Waals surface area contributed by atoms with Crippen molar-refractivity contribution in [2.24, 2.45) is 0 Å². The first kappa shape index (κ1) is 8.83. The first-order valence-electron chi connectivity index (χ1n) is 3.74. The normalized spacial score (nSPS) is 11.7. The molecule has 0 radical (unpaired) electrons. The zero-order valence-corrected chi connectivity index (χ0v) is 7.83. The van der Waals surface area contributed by atoms with Crippen LogP contribution in [0.1, 0.15) is 20.8 Å². The van der Waals surface area contributed by atoms with Crippen molar-refractivity contribution < 1.29 is 4.42 Å². The van der Waals surface area contributed by atoms with Gasteiger partial charge in [-0.3, -0.25) is 0 Å². The minimum Gasteiger partial charge on any atom is -0.390 e. The highest BCUT2D eigenvalue weighted by Gasteiger charge is 2.21. The number of hydrogen-bond acceptors (Lipinski definition) is 5. The molecule has 12 heavy (non-hydrogen) atoms. The van der Waals surface area contributed by atoms with Crippen LogP contribution in [-0.4, -0.2) is 22.8 Å². The second-order valence-corrected chi connectivity index (χ2v) is 3.65. The van der Waals surface area contributed by atoms with Gasteiger partial charge in [0.1, 0.15) is 0 Å². The number of aromatic nitrogens is 2. The molecule has 5 nitrogen and oxygen atoms in total. The van der Waals surface area contributed by atoms with E-state index in [1.165, 1.54) is 0 Å². The van der Waals surface area contributed by atoms with Crippen LogP contribution in [-0.2, 0) is 0 Å². The molecule has 1 heterocycles. The monoisotopic (exact) mass is 170 g/mol. The zero-order valence-electron chi connectivity index (χ0n) is 7.83. The molecule has 0 atom stereocenters. The molecule has 0 fully saturated rings. The highest BCUT2D eigenvalue weighted by Crippen LogP contribution is 2.20. The second kappa shape index (κ2) is 2.66. The van der Waals surface area contributed by atoms with E-state index in [9.17, 15) is 0 Å². The van der Waals surface area contributed by atoms with E-state index in [1.54, 1.807) is 0 Å². The summed E-state index contributed by atoms with van der Waals surface area (Å²) in [6.45, 7) is 6.15. The van der Waals surface area contributed by atoms with Crippen LogP contribution in [0.3, 0.4) is 0 Å². The maximum atomic E-state index is 5.29. The number of nitrogens with zero attached hydrogens (tertiary/aromatic N) is 3. The fourth-order valence-corrected chi connectivity index (χ4v) is 0.649. The Labute approximate surface area is 71.6 Å². The lowest BCUT2D eigenvalue weighted by molar-refractivity contribution is 0.470. The van der Waals surface area contributed by atoms with Crippen LogP contribution in [0.2, 0.25) is 0 Å². The van der Waals surface area contributed by atoms with Crippen LogP contribution in [0.4, 0.5) is 12.0 Å². The molecule has 1 rings (SSSR count). The van der Waals surface area contributed by atoms with E-state index < -0.39 is 0 Å². The van der Waals surface area contributed by atoms with Crippen molar-refractivity contribution in [3.8, 4) is 0 Å². The van der Waals surface area contributed by atoms with Crippen molar-refractivity contribution in [2.75, 3.05) is 17.7 Å². The molecule has 0 amide bonds. The van der Waals surface area contributed by atoms with Crippen molar-refractivity contribution in [3.63, 3.8) is 0 Å². The van der Waals surface area contributed by atoms with Gasteiger partial charge < -0.3 is 15.1 Å². The summed E-state index contributed by atoms with van der Waals surface area (Å²) in [6, 6.07) is 0.543. The fraction of sp³-hybridized carbons (Fsp3) is 0.714. The van der Waals surface area contributed by atoms with Crippen molar-refractivity contribution in [2.45, 2.75) is 26.3 Å². The van der Waals surface area contributed by atoms with Gasteiger partial charge in [-0.25, -0.2) is 0 Å². The zero-order chi connectivity index (χ0) is 9.35. The molecule has 0 bridgehead atoms. The maximum absolute atomic E-state index is 5.29. The van der Waals surface area contributed by atoms with Gasteiger partial charge >= 0.3 is 12.0 Å². The minimum atomic E-state index is -0.0427. The number of anilines is 2. The molecule has 0 aliphatic rings. The van der Waals surface area contributed by atoms with E-state index in [0.717, 1.165) is 0 Å². The van der Waals surface area contributed by atoms with Gasteiger partial charge in [0.2, 0.25) is 0 Å². The Bertz CT molecular complexity index is 263. The lowest BCUT2D eigenvalue weighted by atomic mass is 10.1. The lowest BCUT2D eigenvalue weighted by Gasteiger charge is -2.29. The van der Waals surface area contributed by atoms with Gasteiger partial charge in [-0.1, -0.05) is 10.2 Å². The van der Waals surface area contributed by atoms with E-state index in [4.69, 9.17) is 10.2 Å². The van der Waals surface area contributed by atoms with Crippen LogP contribution in [0.5, 0.6) is 0 Å². The molecule has 0 aliphatic carbocycles. The Morgan fingerprint density at radius 2 is 1.92 bits per heavy atom. The largest absolute Gasteiger partial charge is 0.390 e. The van der Waals surface area contributed by atoms with E-state index in [1.807, 2.05) is 32.7 Å². The molecule has 68 valence electrons. The second-order valence-electron chi connectivity index (χ2n) is 3.65. The Morgan fingerprint density at radius 3 is 2.25 bits per heavy atom. The molecular weight excluding hydrogens is 156 g/mol. The Kier molecular flexibility index (Phi) is 1.95. The van der Waals surface area contributed by atoms with Crippen LogP contribution < -0.4 is 10.6 Å². The van der Waals surface area contributed by atoms with Gasteiger partial charge in [-0.15, -0.1) is 0 Å². The van der Waals surface area contributed by atoms with Gasteiger partial charge in [0.05, 0.1) is 0 Å². The molecule has 1 aromatic rings. The van der Waals surface area contributed by atoms with Crippen molar-refractivity contribution in [1.29, 1.82) is 0 Å². The third kappa shape index (κ3) is 1.66. The molecule has 0 aliphatic heterocycles. The molecule has 0 aromatic carbocycles. The summed E-state index contributed by atoms with van der Waals surface area (Å²) < 4.78 is 5.05. The molecule has 0 saturated heterocycles. The van der Waals surface area contributed by atoms with Crippen LogP contribution in [0.15, 0.2) is 4.42 Å². The molecule has 0 spiro atoms. The Morgan fingerprint density at radius 1 is 1.33 bits per heavy atom. The van der Waals surface area contributed by atoms with E-state index in [-0.39, 0.29) is 11.6 Å². The minimum absolute atomic E-state index is 0.0427. The third-order valence-corrected chi connectivity index (χ3v) is 1.72. The van der Waals surface area contributed by atoms with Crippen molar-refractivity contribution in [3.05, 3.63) is 0 Å². The lowest BCUT2D eigenvalue weighted by Crippen LogP contribution is -2.38. The van der Waals surface area contributed by atoms with Crippen molar-refractivity contribution in [1.82, 2.24) is 10.2 Å². The highest BCUT2D eigenvalue weighted by molar-refractivity contribution is 5.29. The quantitative estimate of drug-likeness (QED) is 0.677. The average Bonchev–Trinajstić information content (AvgIpc) is 2.32. The predicted molar refractivity (Wildman–Crippen MR) is 46.9 cm³/mol. The number of hydrogen-bond donors (Lipinski definition) is 1. The summed E-state index contributed by atoms with van der Waals surface area (Å²) in [6.07, 6.45) is 0. The smallest absolute Gasteiger partial charge is 0.319 e. The average molecular weight is 170 g/mol. The van der Waals surface area contributed by atoms with Crippen LogP contribution in [0, 0.1) is 0 Å². The third-order valence-electron chi connectivity index (χ3n) is 1.72. The van der Waals surface area contributed by atoms with Gasteiger partial charge in [-0.2, -0.15) is 0 Å². The summed E-state index contributed by atoms with van der Waals surface area (Å²) in [5, 5.41) is 7.34. The molecule has 1 aromatic heterocycles. The van der Waals surface area contributed by atoms with E-state index in [2.05, 4.69) is 10.2 Å². The number of rotatable bonds is 1. The van der Waals surface area contributed by atoms with E-state index >= 15 is 0 Å². The summed E-state index contributed by atoms with van der Waals surface area (Å²) in [5.74, 6) is 0. The van der Waals surface area contributed by atoms with Gasteiger partial charge in [0.25, 0.3) is 0 Å². The standard InChI is InChI=1S/C7H14N4O/c1-7(2,3)11(4)6-10-9-5(8)12-6/h1-4H3,(H2,8,9). The van der Waals surface area contributed by atoms with Gasteiger partial charge in [0.15, 0.2) is 0 Å². The van der Waals surface area contributed by atoms with Crippen LogP contribution in [0.25, 0.3) is 0 Å². The molecule has 2 N–H and O–H groups in total. The summed E-state index contributed by atoms with van der Waals surface area (Å²) in [5.41, 5.74) is 5.25. The van der Waals surface area contributed by atoms with Crippen molar-refractivity contribution >= 4 is 12.0 Å². The first-order valence-corrected chi connectivity index (χ1v) is 3.74. The van der Waals surface area contributed by atoms with Gasteiger partial charge in [-0.05, 0) is 20.8 Å². The van der Waals surface area contributed by atoms with Crippen LogP contribution >= 0.6 is 0 Å². The fourth-order valence-electron chi connectivity index (χ4n) is 0.649. The van der Waals surface area contributed by atoms with E-state index in [0.29, 0.717) is 6.01 Å². The number of nitrogens with two attached hydrogens (primary N) is 1. The Balaban J connectivity index is 2.85.